The van der Waals surface area contributed by atoms with Gasteiger partial charge >= 0.3 is 7.82 Å². The molecule has 0 aliphatic heterocycles. The fraction of sp³-hybridized carbons (Fsp3) is 0. The van der Waals surface area contributed by atoms with Gasteiger partial charge in [-0.05, 0) is 42.5 Å². The first kappa shape index (κ1) is 17.7. The molecule has 0 N–H and O–H groups in total. The highest BCUT2D eigenvalue weighted by Gasteiger charge is 2.33. The topological polar surface area (TPSA) is 44.8 Å². The Morgan fingerprint density at radius 2 is 1.20 bits per heavy atom. The number of halogens is 2. The zero-order chi connectivity index (χ0) is 17.7. The van der Waals surface area contributed by atoms with E-state index in [9.17, 15) is 4.57 Å². The van der Waals surface area contributed by atoms with Gasteiger partial charge in [0.1, 0.15) is 11.5 Å². The van der Waals surface area contributed by atoms with Gasteiger partial charge in [-0.1, -0.05) is 59.6 Å². The molecule has 25 heavy (non-hydrogen) atoms. The molecule has 3 aromatic carbocycles. The molecule has 0 aliphatic carbocycles. The molecule has 0 spiro atoms. The Kier molecular flexibility index (Phi) is 5.54. The largest absolute Gasteiger partial charge is 0.647 e. The van der Waals surface area contributed by atoms with Gasteiger partial charge in [-0.3, -0.25) is 0 Å². The summed E-state index contributed by atoms with van der Waals surface area (Å²) in [6.07, 6.45) is 0. The summed E-state index contributed by atoms with van der Waals surface area (Å²) in [4.78, 5) is 0. The van der Waals surface area contributed by atoms with Crippen LogP contribution < -0.4 is 13.6 Å². The first-order valence-electron chi connectivity index (χ1n) is 7.28. The van der Waals surface area contributed by atoms with Crippen LogP contribution in [0, 0.1) is 0 Å². The molecular formula is C18H13Cl2O4P. The van der Waals surface area contributed by atoms with Crippen molar-refractivity contribution in [3.8, 4) is 17.2 Å². The van der Waals surface area contributed by atoms with Crippen molar-refractivity contribution in [3.63, 3.8) is 0 Å². The molecule has 3 aromatic rings. The summed E-state index contributed by atoms with van der Waals surface area (Å²) in [6.45, 7) is 0. The maximum Gasteiger partial charge on any atom is 0.647 e. The Morgan fingerprint density at radius 3 is 1.68 bits per heavy atom. The Bertz CT molecular complexity index is 843. The lowest BCUT2D eigenvalue weighted by Crippen LogP contribution is -2.07. The fourth-order valence-electron chi connectivity index (χ4n) is 1.95. The highest BCUT2D eigenvalue weighted by molar-refractivity contribution is 7.49. The van der Waals surface area contributed by atoms with Crippen LogP contribution in [0.4, 0.5) is 0 Å². The minimum absolute atomic E-state index is 0.140. The first-order valence-corrected chi connectivity index (χ1v) is 9.50. The highest BCUT2D eigenvalue weighted by atomic mass is 35.5. The van der Waals surface area contributed by atoms with Crippen molar-refractivity contribution in [2.75, 3.05) is 0 Å². The number of phosphoric acid groups is 1. The smallest absolute Gasteiger partial charge is 0.386 e. The minimum Gasteiger partial charge on any atom is -0.386 e. The number of hydrogen-bond donors (Lipinski definition) is 0. The second kappa shape index (κ2) is 7.83. The van der Waals surface area contributed by atoms with Gasteiger partial charge in [-0.15, -0.1) is 0 Å². The van der Waals surface area contributed by atoms with Gasteiger partial charge in [0.25, 0.3) is 0 Å². The Hall–Kier alpha value is -2.13. The summed E-state index contributed by atoms with van der Waals surface area (Å²) in [6, 6.07) is 21.7. The molecule has 0 radical (unpaired) electrons. The molecule has 0 bridgehead atoms. The van der Waals surface area contributed by atoms with Crippen LogP contribution in [0.3, 0.4) is 0 Å². The van der Waals surface area contributed by atoms with E-state index >= 15 is 0 Å². The van der Waals surface area contributed by atoms with Crippen LogP contribution in [-0.4, -0.2) is 0 Å². The Balaban J connectivity index is 1.91. The van der Waals surface area contributed by atoms with Crippen LogP contribution in [0.2, 0.25) is 10.0 Å². The normalized spacial score (nSPS) is 11.0. The van der Waals surface area contributed by atoms with E-state index < -0.39 is 7.82 Å². The molecule has 0 fully saturated rings. The summed E-state index contributed by atoms with van der Waals surface area (Å²) in [5.74, 6) is 0.819. The first-order chi connectivity index (χ1) is 12.0. The molecule has 7 heteroatoms. The Morgan fingerprint density at radius 1 is 0.680 bits per heavy atom. The van der Waals surface area contributed by atoms with Gasteiger partial charge in [0.2, 0.25) is 0 Å². The molecule has 3 rings (SSSR count). The third kappa shape index (κ3) is 4.93. The van der Waals surface area contributed by atoms with Gasteiger partial charge in [-0.2, -0.15) is 4.57 Å². The van der Waals surface area contributed by atoms with E-state index in [1.54, 1.807) is 54.6 Å². The number of benzene rings is 3. The second-order valence-corrected chi connectivity index (χ2v) is 7.21. The van der Waals surface area contributed by atoms with Crippen LogP contribution in [0.25, 0.3) is 0 Å². The van der Waals surface area contributed by atoms with E-state index in [0.717, 1.165) is 0 Å². The van der Waals surface area contributed by atoms with Crippen LogP contribution in [-0.2, 0) is 4.57 Å². The third-order valence-corrected chi connectivity index (χ3v) is 4.84. The molecular weight excluding hydrogens is 382 g/mol. The van der Waals surface area contributed by atoms with Gasteiger partial charge in [0.15, 0.2) is 5.75 Å². The third-order valence-electron chi connectivity index (χ3n) is 3.02. The predicted octanol–water partition coefficient (Wildman–Crippen LogP) is 6.64. The van der Waals surface area contributed by atoms with Gasteiger partial charge in [0.05, 0.1) is 5.02 Å². The fourth-order valence-corrected chi connectivity index (χ4v) is 3.72. The highest BCUT2D eigenvalue weighted by Crippen LogP contribution is 2.51. The molecule has 0 aliphatic rings. The standard InChI is InChI=1S/C18H13Cl2O4P/c19-14-11-12-18(17(20)13-14)24-25(21,22-15-7-3-1-4-8-15)23-16-9-5-2-6-10-16/h1-13H. The van der Waals surface area contributed by atoms with E-state index in [4.69, 9.17) is 36.8 Å². The second-order valence-electron chi connectivity index (χ2n) is 4.92. The Labute approximate surface area is 155 Å². The summed E-state index contributed by atoms with van der Waals surface area (Å²) in [5.41, 5.74) is 0. The van der Waals surface area contributed by atoms with E-state index in [-0.39, 0.29) is 10.8 Å². The summed E-state index contributed by atoms with van der Waals surface area (Å²) in [5, 5.41) is 0.626. The predicted molar refractivity (Wildman–Crippen MR) is 98.8 cm³/mol. The lowest BCUT2D eigenvalue weighted by atomic mass is 10.3. The van der Waals surface area contributed by atoms with Crippen LogP contribution in [0.1, 0.15) is 0 Å². The van der Waals surface area contributed by atoms with Crippen molar-refractivity contribution in [3.05, 3.63) is 88.9 Å². The van der Waals surface area contributed by atoms with Gasteiger partial charge < -0.3 is 13.6 Å². The monoisotopic (exact) mass is 394 g/mol. The summed E-state index contributed by atoms with van der Waals surface area (Å²) < 4.78 is 29.7. The maximum absolute atomic E-state index is 13.2. The summed E-state index contributed by atoms with van der Waals surface area (Å²) >= 11 is 12.0. The van der Waals surface area contributed by atoms with Crippen molar-refractivity contribution in [2.45, 2.75) is 0 Å². The number of phosphoric ester groups is 1. The number of hydrogen-bond acceptors (Lipinski definition) is 4. The van der Waals surface area contributed by atoms with Crippen LogP contribution in [0.5, 0.6) is 17.2 Å². The van der Waals surface area contributed by atoms with Crippen molar-refractivity contribution in [1.82, 2.24) is 0 Å². The average molecular weight is 395 g/mol. The van der Waals surface area contributed by atoms with E-state index in [2.05, 4.69) is 0 Å². The SMILES string of the molecule is O=P(Oc1ccccc1)(Oc1ccccc1)Oc1ccc(Cl)cc1Cl. The molecule has 0 saturated heterocycles. The number of rotatable bonds is 6. The molecule has 0 heterocycles. The molecule has 0 unspecified atom stereocenters. The van der Waals surface area contributed by atoms with E-state index in [0.29, 0.717) is 16.5 Å². The van der Waals surface area contributed by atoms with Gasteiger partial charge in [-0.25, -0.2) is 0 Å². The van der Waals surface area contributed by atoms with Crippen molar-refractivity contribution in [1.29, 1.82) is 0 Å². The zero-order valence-corrected chi connectivity index (χ0v) is 15.2. The zero-order valence-electron chi connectivity index (χ0n) is 12.8. The van der Waals surface area contributed by atoms with Crippen LogP contribution in [0.15, 0.2) is 78.9 Å². The molecule has 0 atom stereocenters. The molecule has 128 valence electrons. The molecule has 0 aromatic heterocycles. The molecule has 0 amide bonds. The van der Waals surface area contributed by atoms with Gasteiger partial charge in [0, 0.05) is 5.02 Å². The quantitative estimate of drug-likeness (QED) is 0.439. The van der Waals surface area contributed by atoms with E-state index in [1.165, 1.54) is 12.1 Å². The lowest BCUT2D eigenvalue weighted by Gasteiger charge is -2.20. The average Bonchev–Trinajstić information content (AvgIpc) is 2.59. The van der Waals surface area contributed by atoms with Crippen molar-refractivity contribution >= 4 is 31.0 Å². The maximum atomic E-state index is 13.2. The van der Waals surface area contributed by atoms with Crippen molar-refractivity contribution < 1.29 is 18.1 Å². The summed E-state index contributed by atoms with van der Waals surface area (Å²) in [7, 11) is -4.05. The molecule has 4 nitrogen and oxygen atoms in total. The minimum atomic E-state index is -4.05. The van der Waals surface area contributed by atoms with Crippen molar-refractivity contribution in [2.24, 2.45) is 0 Å². The number of para-hydroxylation sites is 2. The van der Waals surface area contributed by atoms with Crippen LogP contribution >= 0.6 is 31.0 Å². The lowest BCUT2D eigenvalue weighted by molar-refractivity contribution is 0.298. The van der Waals surface area contributed by atoms with E-state index in [1.807, 2.05) is 12.1 Å². The molecule has 0 saturated carbocycles.